The molecule has 1 aromatic heterocycles. The lowest BCUT2D eigenvalue weighted by molar-refractivity contribution is -0.139. The first-order valence-electron chi connectivity index (χ1n) is 13.1. The van der Waals surface area contributed by atoms with Crippen LogP contribution >= 0.6 is 11.3 Å². The average molecular weight is 551 g/mol. The summed E-state index contributed by atoms with van der Waals surface area (Å²) in [7, 11) is 1.59. The lowest BCUT2D eigenvalue weighted by atomic mass is 9.96. The first-order valence-corrected chi connectivity index (χ1v) is 13.9. The molecule has 39 heavy (non-hydrogen) atoms. The van der Waals surface area contributed by atoms with E-state index in [0.717, 1.165) is 17.5 Å². The van der Waals surface area contributed by atoms with E-state index in [-0.39, 0.29) is 18.3 Å². The van der Waals surface area contributed by atoms with Gasteiger partial charge in [-0.25, -0.2) is 9.79 Å². The predicted octanol–water partition coefficient (Wildman–Crippen LogP) is 4.38. The summed E-state index contributed by atoms with van der Waals surface area (Å²) in [6, 6.07) is 12.3. The molecule has 1 aliphatic rings. The average Bonchev–Trinajstić information content (AvgIpc) is 3.23. The van der Waals surface area contributed by atoms with E-state index in [2.05, 4.69) is 11.9 Å². The minimum atomic E-state index is -0.682. The van der Waals surface area contributed by atoms with E-state index < -0.39 is 12.0 Å². The second-order valence-electron chi connectivity index (χ2n) is 9.05. The summed E-state index contributed by atoms with van der Waals surface area (Å²) in [6.07, 6.45) is 2.72. The summed E-state index contributed by atoms with van der Waals surface area (Å²) in [4.78, 5) is 32.1. The number of rotatable bonds is 10. The van der Waals surface area contributed by atoms with Gasteiger partial charge in [0.1, 0.15) is 5.75 Å². The fourth-order valence-electron chi connectivity index (χ4n) is 4.34. The molecule has 2 heterocycles. The van der Waals surface area contributed by atoms with Crippen LogP contribution in [0.15, 0.2) is 63.5 Å². The largest absolute Gasteiger partial charge is 0.494 e. The molecule has 4 rings (SSSR count). The first kappa shape index (κ1) is 28.2. The Bertz CT molecular complexity index is 1550. The molecule has 0 unspecified atom stereocenters. The lowest BCUT2D eigenvalue weighted by Gasteiger charge is -2.24. The number of hydrogen-bond acceptors (Lipinski definition) is 8. The van der Waals surface area contributed by atoms with Gasteiger partial charge in [-0.15, -0.1) is 0 Å². The van der Waals surface area contributed by atoms with Crippen LogP contribution in [0.1, 0.15) is 58.2 Å². The molecule has 0 spiro atoms. The topological polar surface area (TPSA) is 88.4 Å². The summed E-state index contributed by atoms with van der Waals surface area (Å²) in [5.74, 6) is 1.45. The summed E-state index contributed by atoms with van der Waals surface area (Å²) < 4.78 is 24.5. The zero-order valence-electron chi connectivity index (χ0n) is 23.1. The Hall–Kier alpha value is -3.85. The highest BCUT2D eigenvalue weighted by Crippen LogP contribution is 2.32. The molecule has 0 saturated heterocycles. The molecule has 0 bridgehead atoms. The van der Waals surface area contributed by atoms with Gasteiger partial charge >= 0.3 is 5.97 Å². The SMILES string of the molecule is CCOC(=O)C1=C(C)N=c2s/c(=C/c3ccc(O[C@@H](C)CC)c(OC)c3)c(=O)n2[C@H]1c1ccc(OCC)cc1. The van der Waals surface area contributed by atoms with Gasteiger partial charge in [-0.05, 0) is 75.6 Å². The number of ether oxygens (including phenoxy) is 4. The van der Waals surface area contributed by atoms with Crippen molar-refractivity contribution in [2.24, 2.45) is 4.99 Å². The molecule has 3 aromatic rings. The van der Waals surface area contributed by atoms with Crippen LogP contribution in [0.25, 0.3) is 6.08 Å². The van der Waals surface area contributed by atoms with Gasteiger partial charge in [-0.3, -0.25) is 9.36 Å². The second kappa shape index (κ2) is 12.3. The number of allylic oxidation sites excluding steroid dienone is 1. The maximum Gasteiger partial charge on any atom is 0.338 e. The van der Waals surface area contributed by atoms with Crippen molar-refractivity contribution in [2.75, 3.05) is 20.3 Å². The van der Waals surface area contributed by atoms with Crippen LogP contribution < -0.4 is 29.1 Å². The molecule has 0 amide bonds. The number of benzene rings is 2. The zero-order valence-corrected chi connectivity index (χ0v) is 24.0. The van der Waals surface area contributed by atoms with Gasteiger partial charge < -0.3 is 18.9 Å². The molecule has 2 atom stereocenters. The number of carbonyl (C=O) groups is 1. The molecule has 206 valence electrons. The van der Waals surface area contributed by atoms with Gasteiger partial charge in [0.15, 0.2) is 16.3 Å². The summed E-state index contributed by atoms with van der Waals surface area (Å²) >= 11 is 1.27. The number of carbonyl (C=O) groups excluding carboxylic acids is 1. The zero-order chi connectivity index (χ0) is 28.1. The van der Waals surface area contributed by atoms with Crippen LogP contribution in [-0.4, -0.2) is 37.0 Å². The molecule has 0 radical (unpaired) electrons. The molecule has 2 aromatic carbocycles. The fourth-order valence-corrected chi connectivity index (χ4v) is 5.39. The van der Waals surface area contributed by atoms with Crippen LogP contribution in [-0.2, 0) is 9.53 Å². The van der Waals surface area contributed by atoms with Crippen molar-refractivity contribution in [3.05, 3.63) is 84.5 Å². The molecule has 0 N–H and O–H groups in total. The van der Waals surface area contributed by atoms with E-state index >= 15 is 0 Å². The number of aromatic nitrogens is 1. The number of esters is 1. The minimum absolute atomic E-state index is 0.0490. The van der Waals surface area contributed by atoms with Crippen LogP contribution in [0.3, 0.4) is 0 Å². The molecule has 8 nitrogen and oxygen atoms in total. The Kier molecular flexibility index (Phi) is 8.91. The van der Waals surface area contributed by atoms with Crippen molar-refractivity contribution in [3.63, 3.8) is 0 Å². The van der Waals surface area contributed by atoms with E-state index in [1.807, 2.05) is 56.3 Å². The quantitative estimate of drug-likeness (QED) is 0.348. The smallest absolute Gasteiger partial charge is 0.338 e. The Labute approximate surface area is 231 Å². The Balaban J connectivity index is 1.84. The van der Waals surface area contributed by atoms with Gasteiger partial charge in [-0.2, -0.15) is 0 Å². The number of thiazole rings is 1. The van der Waals surface area contributed by atoms with Crippen LogP contribution in [0.5, 0.6) is 17.2 Å². The van der Waals surface area contributed by atoms with Gasteiger partial charge in [0.25, 0.3) is 5.56 Å². The molecule has 0 aliphatic carbocycles. The lowest BCUT2D eigenvalue weighted by Crippen LogP contribution is -2.39. The highest BCUT2D eigenvalue weighted by Gasteiger charge is 2.33. The van der Waals surface area contributed by atoms with E-state index in [1.54, 1.807) is 31.6 Å². The van der Waals surface area contributed by atoms with Gasteiger partial charge in [0.2, 0.25) is 0 Å². The van der Waals surface area contributed by atoms with Crippen molar-refractivity contribution in [1.29, 1.82) is 0 Å². The monoisotopic (exact) mass is 550 g/mol. The van der Waals surface area contributed by atoms with E-state index in [4.69, 9.17) is 18.9 Å². The highest BCUT2D eigenvalue weighted by molar-refractivity contribution is 7.07. The third kappa shape index (κ3) is 5.93. The van der Waals surface area contributed by atoms with Crippen molar-refractivity contribution < 1.29 is 23.7 Å². The minimum Gasteiger partial charge on any atom is -0.494 e. The second-order valence-corrected chi connectivity index (χ2v) is 10.1. The maximum atomic E-state index is 13.8. The molecule has 9 heteroatoms. The summed E-state index contributed by atoms with van der Waals surface area (Å²) in [5, 5.41) is 0. The Morgan fingerprint density at radius 2 is 1.85 bits per heavy atom. The van der Waals surface area contributed by atoms with E-state index in [9.17, 15) is 9.59 Å². The number of methoxy groups -OCH3 is 1. The van der Waals surface area contributed by atoms with Crippen molar-refractivity contribution in [3.8, 4) is 17.2 Å². The summed E-state index contributed by atoms with van der Waals surface area (Å²) in [6.45, 7) is 10.3. The van der Waals surface area contributed by atoms with Gasteiger partial charge in [-0.1, -0.05) is 36.5 Å². The standard InChI is InChI=1S/C30H34N2O6S/c1-7-18(4)38-23-15-10-20(16-24(23)35-6)17-25-28(33)32-27(21-11-13-22(14-12-21)36-8-2)26(29(34)37-9-3)19(5)31-30(32)39-25/h10-18,27H,7-9H2,1-6H3/b25-17+/t18-,27-/m0/s1. The van der Waals surface area contributed by atoms with E-state index in [0.29, 0.717) is 44.5 Å². The first-order chi connectivity index (χ1) is 18.8. The maximum absolute atomic E-state index is 13.8. The summed E-state index contributed by atoms with van der Waals surface area (Å²) in [5.41, 5.74) is 2.16. The number of nitrogens with zero attached hydrogens (tertiary/aromatic N) is 2. The number of fused-ring (bicyclic) bond motifs is 1. The number of hydrogen-bond donors (Lipinski definition) is 0. The molecule has 0 saturated carbocycles. The molecule has 1 aliphatic heterocycles. The highest BCUT2D eigenvalue weighted by atomic mass is 32.1. The molecule has 0 fully saturated rings. The third-order valence-corrected chi connectivity index (χ3v) is 7.40. The van der Waals surface area contributed by atoms with Crippen molar-refractivity contribution >= 4 is 23.4 Å². The molecular formula is C30H34N2O6S. The third-order valence-electron chi connectivity index (χ3n) is 6.41. The van der Waals surface area contributed by atoms with E-state index in [1.165, 1.54) is 11.3 Å². The van der Waals surface area contributed by atoms with Crippen LogP contribution in [0.2, 0.25) is 0 Å². The van der Waals surface area contributed by atoms with Gasteiger partial charge in [0.05, 0.1) is 48.3 Å². The van der Waals surface area contributed by atoms with Gasteiger partial charge in [0, 0.05) is 0 Å². The normalized spacial score (nSPS) is 15.8. The predicted molar refractivity (Wildman–Crippen MR) is 151 cm³/mol. The fraction of sp³-hybridized carbons (Fsp3) is 0.367. The van der Waals surface area contributed by atoms with Crippen molar-refractivity contribution in [1.82, 2.24) is 4.57 Å². The van der Waals surface area contributed by atoms with Crippen molar-refractivity contribution in [2.45, 2.75) is 53.2 Å². The van der Waals surface area contributed by atoms with Crippen LogP contribution in [0.4, 0.5) is 0 Å². The Morgan fingerprint density at radius 3 is 2.49 bits per heavy atom. The Morgan fingerprint density at radius 1 is 1.10 bits per heavy atom. The van der Waals surface area contributed by atoms with Crippen LogP contribution in [0, 0.1) is 0 Å². The molecular weight excluding hydrogens is 516 g/mol.